The van der Waals surface area contributed by atoms with Gasteiger partial charge in [-0.25, -0.2) is 0 Å². The van der Waals surface area contributed by atoms with Crippen LogP contribution in [0.25, 0.3) is 0 Å². The highest BCUT2D eigenvalue weighted by molar-refractivity contribution is 6.28. The van der Waals surface area contributed by atoms with Gasteiger partial charge < -0.3 is 10.6 Å². The summed E-state index contributed by atoms with van der Waals surface area (Å²) in [6.07, 6.45) is -5.22. The van der Waals surface area contributed by atoms with E-state index in [0.29, 0.717) is 0 Å². The Kier molecular flexibility index (Phi) is 4.33. The number of alkyl halides is 3. The van der Waals surface area contributed by atoms with E-state index in [9.17, 15) is 13.2 Å². The Morgan fingerprint density at radius 2 is 1.82 bits per heavy atom. The highest BCUT2D eigenvalue weighted by atomic mass is 35.5. The first-order valence-electron chi connectivity index (χ1n) is 4.73. The van der Waals surface area contributed by atoms with Crippen LogP contribution in [0.15, 0.2) is 0 Å². The molecule has 1 heterocycles. The van der Waals surface area contributed by atoms with Crippen LogP contribution >= 0.6 is 11.6 Å². The number of halogens is 4. The van der Waals surface area contributed by atoms with E-state index in [1.54, 1.807) is 7.05 Å². The van der Waals surface area contributed by atoms with Crippen molar-refractivity contribution in [3.8, 4) is 0 Å². The largest absolute Gasteiger partial charge is 0.391 e. The molecule has 1 atom stereocenters. The first-order valence-corrected chi connectivity index (χ1v) is 5.10. The second kappa shape index (κ2) is 5.35. The van der Waals surface area contributed by atoms with Crippen LogP contribution in [0.5, 0.6) is 0 Å². The smallest absolute Gasteiger partial charge is 0.357 e. The number of rotatable bonds is 4. The quantitative estimate of drug-likeness (QED) is 0.878. The van der Waals surface area contributed by atoms with Gasteiger partial charge in [0.15, 0.2) is 0 Å². The van der Waals surface area contributed by atoms with Crippen LogP contribution < -0.4 is 10.6 Å². The van der Waals surface area contributed by atoms with Gasteiger partial charge in [-0.2, -0.15) is 28.1 Å². The minimum Gasteiger partial charge on any atom is -0.357 e. The van der Waals surface area contributed by atoms with Gasteiger partial charge in [-0.05, 0) is 18.5 Å². The van der Waals surface area contributed by atoms with Crippen molar-refractivity contribution in [1.82, 2.24) is 15.0 Å². The normalized spacial score (nSPS) is 13.3. The van der Waals surface area contributed by atoms with E-state index in [2.05, 4.69) is 25.6 Å². The molecule has 0 amide bonds. The van der Waals surface area contributed by atoms with Crippen molar-refractivity contribution in [2.45, 2.75) is 25.6 Å². The molecule has 0 aliphatic carbocycles. The predicted octanol–water partition coefficient (Wildman–Crippen LogP) is 2.32. The third-order valence-electron chi connectivity index (χ3n) is 1.74. The summed E-state index contributed by atoms with van der Waals surface area (Å²) in [6, 6.07) is -0.849. The minimum atomic E-state index is -4.24. The zero-order valence-corrected chi connectivity index (χ0v) is 9.89. The summed E-state index contributed by atoms with van der Waals surface area (Å²) < 4.78 is 36.3. The maximum atomic E-state index is 12.1. The molecule has 9 heteroatoms. The zero-order valence-electron chi connectivity index (χ0n) is 9.14. The lowest BCUT2D eigenvalue weighted by molar-refractivity contribution is -0.136. The molecule has 1 unspecified atom stereocenters. The summed E-state index contributed by atoms with van der Waals surface area (Å²) in [4.78, 5) is 11.2. The molecule has 0 bridgehead atoms. The molecule has 2 N–H and O–H groups in total. The van der Waals surface area contributed by atoms with Gasteiger partial charge in [0.25, 0.3) is 0 Å². The Morgan fingerprint density at radius 3 is 2.35 bits per heavy atom. The molecule has 0 spiro atoms. The average molecular weight is 270 g/mol. The number of nitrogens with zero attached hydrogens (tertiary/aromatic N) is 3. The molecule has 1 aromatic rings. The number of hydrogen-bond acceptors (Lipinski definition) is 5. The van der Waals surface area contributed by atoms with Gasteiger partial charge in [-0.15, -0.1) is 0 Å². The van der Waals surface area contributed by atoms with Gasteiger partial charge in [0.05, 0.1) is 6.42 Å². The zero-order chi connectivity index (χ0) is 13.1. The van der Waals surface area contributed by atoms with Crippen molar-refractivity contribution in [2.75, 3.05) is 17.7 Å². The molecule has 0 radical (unpaired) electrons. The molecule has 0 aliphatic rings. The number of hydrogen-bond donors (Lipinski definition) is 2. The summed E-state index contributed by atoms with van der Waals surface area (Å²) in [7, 11) is 1.56. The molecule has 0 aliphatic heterocycles. The molecule has 1 aromatic heterocycles. The second-order valence-electron chi connectivity index (χ2n) is 3.37. The lowest BCUT2D eigenvalue weighted by Crippen LogP contribution is -2.25. The van der Waals surface area contributed by atoms with Crippen molar-refractivity contribution >= 4 is 23.5 Å². The minimum absolute atomic E-state index is 0.00565. The maximum Gasteiger partial charge on any atom is 0.391 e. The Morgan fingerprint density at radius 1 is 1.24 bits per heavy atom. The molecule has 0 fully saturated rings. The SMILES string of the molecule is CNc1nc(Cl)nc(NC(C)CC(F)(F)F)n1. The van der Waals surface area contributed by atoms with E-state index >= 15 is 0 Å². The Labute approximate surface area is 101 Å². The van der Waals surface area contributed by atoms with Gasteiger partial charge in [0.1, 0.15) is 0 Å². The van der Waals surface area contributed by atoms with E-state index in [-0.39, 0.29) is 17.2 Å². The molecule has 0 saturated carbocycles. The standard InChI is InChI=1S/C8H11ClF3N5/c1-4(3-8(10,11)12)14-7-16-5(9)15-6(13-2)17-7/h4H,3H2,1-2H3,(H2,13,14,15,16,17). The van der Waals surface area contributed by atoms with Crippen LogP contribution in [0.2, 0.25) is 5.28 Å². The summed E-state index contributed by atoms with van der Waals surface area (Å²) in [5.41, 5.74) is 0. The van der Waals surface area contributed by atoms with Crippen molar-refractivity contribution in [1.29, 1.82) is 0 Å². The molecule has 1 rings (SSSR count). The third kappa shape index (κ3) is 5.03. The van der Waals surface area contributed by atoms with E-state index in [1.165, 1.54) is 6.92 Å². The Balaban J connectivity index is 2.71. The topological polar surface area (TPSA) is 62.7 Å². The number of aromatic nitrogens is 3. The lowest BCUT2D eigenvalue weighted by atomic mass is 10.2. The van der Waals surface area contributed by atoms with Gasteiger partial charge in [0.2, 0.25) is 17.2 Å². The molecule has 5 nitrogen and oxygen atoms in total. The highest BCUT2D eigenvalue weighted by Crippen LogP contribution is 2.22. The van der Waals surface area contributed by atoms with E-state index in [0.717, 1.165) is 0 Å². The fourth-order valence-corrected chi connectivity index (χ4v) is 1.31. The van der Waals surface area contributed by atoms with E-state index in [4.69, 9.17) is 11.6 Å². The van der Waals surface area contributed by atoms with E-state index in [1.807, 2.05) is 0 Å². The molecule has 0 aromatic carbocycles. The van der Waals surface area contributed by atoms with Crippen LogP contribution in [0.3, 0.4) is 0 Å². The van der Waals surface area contributed by atoms with Gasteiger partial charge in [-0.3, -0.25) is 0 Å². The Bertz CT molecular complexity index is 384. The fourth-order valence-electron chi connectivity index (χ4n) is 1.15. The first kappa shape index (κ1) is 13.8. The molecule has 0 saturated heterocycles. The van der Waals surface area contributed by atoms with Crippen LogP contribution in [0.1, 0.15) is 13.3 Å². The van der Waals surface area contributed by atoms with Gasteiger partial charge in [0, 0.05) is 13.1 Å². The third-order valence-corrected chi connectivity index (χ3v) is 1.91. The van der Waals surface area contributed by atoms with Crippen molar-refractivity contribution in [3.05, 3.63) is 5.28 Å². The molecular formula is C8H11ClF3N5. The lowest BCUT2D eigenvalue weighted by Gasteiger charge is -2.15. The van der Waals surface area contributed by atoms with Crippen LogP contribution in [0, 0.1) is 0 Å². The van der Waals surface area contributed by atoms with E-state index < -0.39 is 18.6 Å². The van der Waals surface area contributed by atoms with Crippen molar-refractivity contribution < 1.29 is 13.2 Å². The first-order chi connectivity index (χ1) is 7.80. The number of anilines is 2. The second-order valence-corrected chi connectivity index (χ2v) is 3.70. The maximum absolute atomic E-state index is 12.1. The summed E-state index contributed by atoms with van der Waals surface area (Å²) in [5.74, 6) is 0.192. The average Bonchev–Trinajstić information content (AvgIpc) is 2.13. The van der Waals surface area contributed by atoms with Crippen LogP contribution in [-0.4, -0.2) is 34.2 Å². The van der Waals surface area contributed by atoms with Gasteiger partial charge >= 0.3 is 6.18 Å². The highest BCUT2D eigenvalue weighted by Gasteiger charge is 2.30. The van der Waals surface area contributed by atoms with Crippen LogP contribution in [0.4, 0.5) is 25.1 Å². The molecule has 17 heavy (non-hydrogen) atoms. The summed E-state index contributed by atoms with van der Waals surface area (Å²) in [5, 5.41) is 5.04. The fraction of sp³-hybridized carbons (Fsp3) is 0.625. The summed E-state index contributed by atoms with van der Waals surface area (Å²) in [6.45, 7) is 1.38. The summed E-state index contributed by atoms with van der Waals surface area (Å²) >= 11 is 5.58. The monoisotopic (exact) mass is 269 g/mol. The van der Waals surface area contributed by atoms with Gasteiger partial charge in [-0.1, -0.05) is 0 Å². The Hall–Kier alpha value is -1.31. The van der Waals surface area contributed by atoms with Crippen molar-refractivity contribution in [3.63, 3.8) is 0 Å². The van der Waals surface area contributed by atoms with Crippen molar-refractivity contribution in [2.24, 2.45) is 0 Å². The van der Waals surface area contributed by atoms with Crippen LogP contribution in [-0.2, 0) is 0 Å². The molecular weight excluding hydrogens is 259 g/mol. The predicted molar refractivity (Wildman–Crippen MR) is 58.1 cm³/mol. The molecule has 96 valence electrons. The number of nitrogens with one attached hydrogen (secondary N) is 2.